The maximum Gasteiger partial charge on any atom is 0.131 e. The number of rotatable bonds is 4. The average molecular weight is 252 g/mol. The summed E-state index contributed by atoms with van der Waals surface area (Å²) in [7, 11) is 1.81. The van der Waals surface area contributed by atoms with Crippen molar-refractivity contribution < 1.29 is 13.9 Å². The molecule has 1 aromatic carbocycles. The Balaban J connectivity index is 2.03. The number of hydrogen-bond acceptors (Lipinski definition) is 2. The zero-order valence-electron chi connectivity index (χ0n) is 9.98. The summed E-state index contributed by atoms with van der Waals surface area (Å²) in [4.78, 5) is 0. The van der Waals surface area contributed by atoms with Gasteiger partial charge in [0.15, 0.2) is 0 Å². The highest BCUT2D eigenvalue weighted by Gasteiger charge is 2.14. The summed E-state index contributed by atoms with van der Waals surface area (Å²) in [6.45, 7) is 0. The molecule has 0 bridgehead atoms. The minimum atomic E-state index is -0.944. The molecule has 0 saturated carbocycles. The Kier molecular flexibility index (Phi) is 3.72. The van der Waals surface area contributed by atoms with Gasteiger partial charge < -0.3 is 5.11 Å². The molecule has 1 unspecified atom stereocenters. The van der Waals surface area contributed by atoms with Gasteiger partial charge in [-0.3, -0.25) is 4.68 Å². The molecule has 5 heteroatoms. The molecule has 0 fully saturated rings. The minimum Gasteiger partial charge on any atom is -0.388 e. The standard InChI is InChI=1S/C13H14F2N2O/c1-17-10(6-7-16-17)3-5-13(18)11-4-2-9(14)8-12(11)15/h2,4,6-8,13,18H,3,5H2,1H3. The van der Waals surface area contributed by atoms with Gasteiger partial charge in [-0.05, 0) is 25.0 Å². The number of nitrogens with zero attached hydrogens (tertiary/aromatic N) is 2. The van der Waals surface area contributed by atoms with E-state index in [9.17, 15) is 13.9 Å². The second-order valence-corrected chi connectivity index (χ2v) is 4.17. The summed E-state index contributed by atoms with van der Waals surface area (Å²) in [5, 5.41) is 13.9. The van der Waals surface area contributed by atoms with E-state index >= 15 is 0 Å². The van der Waals surface area contributed by atoms with Gasteiger partial charge in [0.2, 0.25) is 0 Å². The number of aliphatic hydroxyl groups excluding tert-OH is 1. The van der Waals surface area contributed by atoms with Crippen LogP contribution >= 0.6 is 0 Å². The fourth-order valence-electron chi connectivity index (χ4n) is 1.86. The van der Waals surface area contributed by atoms with Crippen molar-refractivity contribution in [1.29, 1.82) is 0 Å². The van der Waals surface area contributed by atoms with Crippen molar-refractivity contribution in [3.05, 3.63) is 53.4 Å². The number of aromatic nitrogens is 2. The topological polar surface area (TPSA) is 38.0 Å². The van der Waals surface area contributed by atoms with Crippen LogP contribution in [0.2, 0.25) is 0 Å². The van der Waals surface area contributed by atoms with Gasteiger partial charge in [0, 0.05) is 30.6 Å². The highest BCUT2D eigenvalue weighted by molar-refractivity contribution is 5.21. The molecular formula is C13H14F2N2O. The monoisotopic (exact) mass is 252 g/mol. The zero-order valence-corrected chi connectivity index (χ0v) is 9.98. The first-order valence-corrected chi connectivity index (χ1v) is 5.68. The number of halogens is 2. The fourth-order valence-corrected chi connectivity index (χ4v) is 1.86. The summed E-state index contributed by atoms with van der Waals surface area (Å²) < 4.78 is 27.9. The Bertz CT molecular complexity index is 540. The van der Waals surface area contributed by atoms with Crippen LogP contribution < -0.4 is 0 Å². The highest BCUT2D eigenvalue weighted by Crippen LogP contribution is 2.22. The van der Waals surface area contributed by atoms with Gasteiger partial charge in [-0.15, -0.1) is 0 Å². The molecule has 0 aliphatic heterocycles. The molecule has 1 aromatic heterocycles. The van der Waals surface area contributed by atoms with Crippen molar-refractivity contribution in [2.75, 3.05) is 0 Å². The van der Waals surface area contributed by atoms with Crippen LogP contribution in [-0.2, 0) is 13.5 Å². The van der Waals surface area contributed by atoms with Crippen LogP contribution in [0, 0.1) is 11.6 Å². The normalized spacial score (nSPS) is 12.7. The molecule has 0 spiro atoms. The number of hydrogen-bond donors (Lipinski definition) is 1. The molecule has 0 saturated heterocycles. The van der Waals surface area contributed by atoms with Gasteiger partial charge in [0.05, 0.1) is 6.10 Å². The molecule has 96 valence electrons. The maximum atomic E-state index is 13.4. The minimum absolute atomic E-state index is 0.124. The Labute approximate surface area is 104 Å². The molecule has 18 heavy (non-hydrogen) atoms. The predicted octanol–water partition coefficient (Wildman–Crippen LogP) is 2.36. The first-order chi connectivity index (χ1) is 8.58. The SMILES string of the molecule is Cn1nccc1CCC(O)c1ccc(F)cc1F. The molecule has 0 aliphatic rings. The maximum absolute atomic E-state index is 13.4. The second-order valence-electron chi connectivity index (χ2n) is 4.17. The molecule has 3 nitrogen and oxygen atoms in total. The van der Waals surface area contributed by atoms with E-state index in [-0.39, 0.29) is 5.56 Å². The molecule has 0 amide bonds. The zero-order chi connectivity index (χ0) is 13.1. The molecule has 0 radical (unpaired) electrons. The first-order valence-electron chi connectivity index (χ1n) is 5.68. The van der Waals surface area contributed by atoms with Crippen molar-refractivity contribution >= 4 is 0 Å². The van der Waals surface area contributed by atoms with Crippen molar-refractivity contribution in [2.24, 2.45) is 7.05 Å². The Morgan fingerprint density at radius 3 is 2.72 bits per heavy atom. The lowest BCUT2D eigenvalue weighted by atomic mass is 10.0. The van der Waals surface area contributed by atoms with Gasteiger partial charge in [0.1, 0.15) is 11.6 Å². The number of aryl methyl sites for hydroxylation is 2. The second kappa shape index (κ2) is 5.27. The lowest BCUT2D eigenvalue weighted by Gasteiger charge is -2.12. The highest BCUT2D eigenvalue weighted by atomic mass is 19.1. The molecule has 2 rings (SSSR count). The van der Waals surface area contributed by atoms with E-state index in [0.29, 0.717) is 12.8 Å². The van der Waals surface area contributed by atoms with Crippen LogP contribution in [0.1, 0.15) is 23.8 Å². The quantitative estimate of drug-likeness (QED) is 0.907. The summed E-state index contributed by atoms with van der Waals surface area (Å²) in [5.41, 5.74) is 1.08. The van der Waals surface area contributed by atoms with Crippen molar-refractivity contribution in [1.82, 2.24) is 9.78 Å². The van der Waals surface area contributed by atoms with Gasteiger partial charge in [0.25, 0.3) is 0 Å². The summed E-state index contributed by atoms with van der Waals surface area (Å²) in [5.74, 6) is -1.36. The van der Waals surface area contributed by atoms with Crippen LogP contribution in [0.5, 0.6) is 0 Å². The Morgan fingerprint density at radius 2 is 2.11 bits per heavy atom. The molecule has 1 heterocycles. The van der Waals surface area contributed by atoms with Crippen molar-refractivity contribution in [2.45, 2.75) is 18.9 Å². The van der Waals surface area contributed by atoms with Crippen LogP contribution in [-0.4, -0.2) is 14.9 Å². The Morgan fingerprint density at radius 1 is 1.33 bits per heavy atom. The van der Waals surface area contributed by atoms with E-state index in [2.05, 4.69) is 5.10 Å². The van der Waals surface area contributed by atoms with Gasteiger partial charge in [-0.2, -0.15) is 5.10 Å². The van der Waals surface area contributed by atoms with Crippen molar-refractivity contribution in [3.63, 3.8) is 0 Å². The largest absolute Gasteiger partial charge is 0.388 e. The van der Waals surface area contributed by atoms with Gasteiger partial charge in [-0.1, -0.05) is 6.07 Å². The molecule has 1 N–H and O–H groups in total. The summed E-state index contributed by atoms with van der Waals surface area (Å²) in [6, 6.07) is 5.04. The van der Waals surface area contributed by atoms with E-state index in [1.807, 2.05) is 6.07 Å². The van der Waals surface area contributed by atoms with Gasteiger partial charge in [-0.25, -0.2) is 8.78 Å². The lowest BCUT2D eigenvalue weighted by molar-refractivity contribution is 0.162. The van der Waals surface area contributed by atoms with E-state index in [1.165, 1.54) is 6.07 Å². The third-order valence-corrected chi connectivity index (χ3v) is 2.92. The number of aliphatic hydroxyl groups is 1. The van der Waals surface area contributed by atoms with Crippen LogP contribution in [0.15, 0.2) is 30.5 Å². The average Bonchev–Trinajstić information content (AvgIpc) is 2.72. The molecular weight excluding hydrogens is 238 g/mol. The van der Waals surface area contributed by atoms with Crippen LogP contribution in [0.3, 0.4) is 0 Å². The third kappa shape index (κ3) is 2.73. The lowest BCUT2D eigenvalue weighted by Crippen LogP contribution is -2.05. The van der Waals surface area contributed by atoms with E-state index in [0.717, 1.165) is 17.8 Å². The molecule has 1 atom stereocenters. The third-order valence-electron chi connectivity index (χ3n) is 2.92. The van der Waals surface area contributed by atoms with Crippen LogP contribution in [0.4, 0.5) is 8.78 Å². The van der Waals surface area contributed by atoms with Crippen LogP contribution in [0.25, 0.3) is 0 Å². The van der Waals surface area contributed by atoms with E-state index in [1.54, 1.807) is 17.9 Å². The summed E-state index contributed by atoms with van der Waals surface area (Å²) in [6.07, 6.45) is 1.66. The molecule has 0 aliphatic carbocycles. The van der Waals surface area contributed by atoms with Gasteiger partial charge >= 0.3 is 0 Å². The Hall–Kier alpha value is -1.75. The van der Waals surface area contributed by atoms with E-state index < -0.39 is 17.7 Å². The number of benzene rings is 1. The van der Waals surface area contributed by atoms with Crippen molar-refractivity contribution in [3.8, 4) is 0 Å². The first kappa shape index (κ1) is 12.7. The summed E-state index contributed by atoms with van der Waals surface area (Å²) >= 11 is 0. The molecule has 2 aromatic rings. The predicted molar refractivity (Wildman–Crippen MR) is 62.8 cm³/mol. The fraction of sp³-hybridized carbons (Fsp3) is 0.308. The smallest absolute Gasteiger partial charge is 0.131 e. The van der Waals surface area contributed by atoms with E-state index in [4.69, 9.17) is 0 Å².